The van der Waals surface area contributed by atoms with Crippen LogP contribution in [0, 0.1) is 6.92 Å². The number of carbonyl (C=O) groups is 1. The van der Waals surface area contributed by atoms with Crippen molar-refractivity contribution >= 4 is 34.2 Å². The van der Waals surface area contributed by atoms with E-state index in [1.165, 1.54) is 6.07 Å². The molecule has 23 heavy (non-hydrogen) atoms. The first-order valence-corrected chi connectivity index (χ1v) is 7.43. The highest BCUT2D eigenvalue weighted by molar-refractivity contribution is 6.31. The largest absolute Gasteiger partial charge is 0.338 e. The predicted octanol–water partition coefficient (Wildman–Crippen LogP) is 3.00. The Morgan fingerprint density at radius 1 is 1.26 bits per heavy atom. The molecule has 3 aromatic rings. The van der Waals surface area contributed by atoms with Crippen LogP contribution in [0.25, 0.3) is 10.9 Å². The number of pyridine rings is 2. The SMILES string of the molecule is Cc1cccc(NC(=O)Cn2ccc(=O)c3cc(Cl)ccc32)n1. The summed E-state index contributed by atoms with van der Waals surface area (Å²) in [6, 6.07) is 11.9. The van der Waals surface area contributed by atoms with Gasteiger partial charge in [-0.2, -0.15) is 0 Å². The number of halogens is 1. The molecule has 0 bridgehead atoms. The van der Waals surface area contributed by atoms with Crippen LogP contribution < -0.4 is 10.7 Å². The molecule has 0 aliphatic rings. The minimum absolute atomic E-state index is 0.0774. The summed E-state index contributed by atoms with van der Waals surface area (Å²) in [4.78, 5) is 28.4. The molecule has 2 aromatic heterocycles. The monoisotopic (exact) mass is 327 g/mol. The maximum atomic E-state index is 12.2. The van der Waals surface area contributed by atoms with Gasteiger partial charge in [0.2, 0.25) is 5.91 Å². The van der Waals surface area contributed by atoms with E-state index in [0.717, 1.165) is 5.69 Å². The van der Waals surface area contributed by atoms with E-state index in [1.807, 2.05) is 19.1 Å². The number of anilines is 1. The Bertz CT molecular complexity index is 950. The molecule has 3 rings (SSSR count). The quantitative estimate of drug-likeness (QED) is 0.804. The fourth-order valence-electron chi connectivity index (χ4n) is 2.37. The van der Waals surface area contributed by atoms with Crippen molar-refractivity contribution in [3.63, 3.8) is 0 Å². The fourth-order valence-corrected chi connectivity index (χ4v) is 2.54. The second-order valence-electron chi connectivity index (χ2n) is 5.18. The number of carbonyl (C=O) groups excluding carboxylic acids is 1. The van der Waals surface area contributed by atoms with Gasteiger partial charge in [0.25, 0.3) is 0 Å². The lowest BCUT2D eigenvalue weighted by Gasteiger charge is -2.11. The van der Waals surface area contributed by atoms with Crippen molar-refractivity contribution in [1.82, 2.24) is 9.55 Å². The second-order valence-corrected chi connectivity index (χ2v) is 5.62. The van der Waals surface area contributed by atoms with Crippen molar-refractivity contribution in [3.05, 3.63) is 69.6 Å². The van der Waals surface area contributed by atoms with E-state index in [4.69, 9.17) is 11.6 Å². The first kappa shape index (κ1) is 15.2. The molecule has 0 saturated carbocycles. The molecule has 0 aliphatic heterocycles. The number of fused-ring (bicyclic) bond motifs is 1. The molecule has 0 saturated heterocycles. The zero-order valence-corrected chi connectivity index (χ0v) is 13.2. The minimum atomic E-state index is -0.219. The Kier molecular flexibility index (Phi) is 4.12. The van der Waals surface area contributed by atoms with Crippen molar-refractivity contribution in [3.8, 4) is 0 Å². The molecule has 0 atom stereocenters. The fraction of sp³-hybridized carbons (Fsp3) is 0.118. The van der Waals surface area contributed by atoms with Gasteiger partial charge in [0.15, 0.2) is 5.43 Å². The van der Waals surface area contributed by atoms with E-state index < -0.39 is 0 Å². The maximum Gasteiger partial charge on any atom is 0.245 e. The number of benzene rings is 1. The molecule has 0 aliphatic carbocycles. The predicted molar refractivity (Wildman–Crippen MR) is 90.8 cm³/mol. The lowest BCUT2D eigenvalue weighted by molar-refractivity contribution is -0.116. The van der Waals surface area contributed by atoms with Gasteiger partial charge in [-0.15, -0.1) is 0 Å². The van der Waals surface area contributed by atoms with Crippen molar-refractivity contribution in [2.24, 2.45) is 0 Å². The molecule has 0 radical (unpaired) electrons. The van der Waals surface area contributed by atoms with Gasteiger partial charge in [0, 0.05) is 28.4 Å². The number of nitrogens with one attached hydrogen (secondary N) is 1. The summed E-state index contributed by atoms with van der Waals surface area (Å²) in [5, 5.41) is 3.72. The summed E-state index contributed by atoms with van der Waals surface area (Å²) in [6.45, 7) is 1.93. The third kappa shape index (κ3) is 3.40. The summed E-state index contributed by atoms with van der Waals surface area (Å²) in [6.07, 6.45) is 1.60. The molecule has 1 aromatic carbocycles. The third-order valence-electron chi connectivity index (χ3n) is 3.41. The Hall–Kier alpha value is -2.66. The first-order chi connectivity index (χ1) is 11.0. The van der Waals surface area contributed by atoms with Gasteiger partial charge < -0.3 is 9.88 Å². The molecule has 116 valence electrons. The normalized spacial score (nSPS) is 10.7. The third-order valence-corrected chi connectivity index (χ3v) is 3.64. The Morgan fingerprint density at radius 3 is 2.87 bits per heavy atom. The zero-order chi connectivity index (χ0) is 16.4. The molecular weight excluding hydrogens is 314 g/mol. The standard InChI is InChI=1S/C17H14ClN3O2/c1-11-3-2-4-16(19-11)20-17(23)10-21-8-7-15(22)13-9-12(18)5-6-14(13)21/h2-9H,10H2,1H3,(H,19,20,23). The van der Waals surface area contributed by atoms with Crippen molar-refractivity contribution in [2.45, 2.75) is 13.5 Å². The summed E-state index contributed by atoms with van der Waals surface area (Å²) >= 11 is 5.94. The molecule has 6 heteroatoms. The van der Waals surface area contributed by atoms with Crippen LogP contribution in [0.3, 0.4) is 0 Å². The highest BCUT2D eigenvalue weighted by atomic mass is 35.5. The first-order valence-electron chi connectivity index (χ1n) is 7.05. The van der Waals surface area contributed by atoms with Crippen LogP contribution in [-0.4, -0.2) is 15.5 Å². The molecule has 0 spiro atoms. The molecule has 1 N–H and O–H groups in total. The van der Waals surface area contributed by atoms with Crippen LogP contribution in [0.2, 0.25) is 5.02 Å². The van der Waals surface area contributed by atoms with E-state index >= 15 is 0 Å². The van der Waals surface area contributed by atoms with Crippen LogP contribution in [0.5, 0.6) is 0 Å². The van der Waals surface area contributed by atoms with E-state index in [9.17, 15) is 9.59 Å². The van der Waals surface area contributed by atoms with Crippen LogP contribution in [0.4, 0.5) is 5.82 Å². The van der Waals surface area contributed by atoms with Gasteiger partial charge in [0.05, 0.1) is 5.52 Å². The van der Waals surface area contributed by atoms with Gasteiger partial charge in [-0.1, -0.05) is 17.7 Å². The van der Waals surface area contributed by atoms with Crippen LogP contribution >= 0.6 is 11.6 Å². The highest BCUT2D eigenvalue weighted by Gasteiger charge is 2.08. The number of hydrogen-bond donors (Lipinski definition) is 1. The van der Waals surface area contributed by atoms with Crippen LogP contribution in [-0.2, 0) is 11.3 Å². The number of aromatic nitrogens is 2. The van der Waals surface area contributed by atoms with Gasteiger partial charge in [-0.05, 0) is 37.3 Å². The lowest BCUT2D eigenvalue weighted by Crippen LogP contribution is -2.21. The number of rotatable bonds is 3. The zero-order valence-electron chi connectivity index (χ0n) is 12.4. The van der Waals surface area contributed by atoms with E-state index in [1.54, 1.807) is 35.0 Å². The Morgan fingerprint density at radius 2 is 2.09 bits per heavy atom. The summed E-state index contributed by atoms with van der Waals surface area (Å²) < 4.78 is 1.71. The number of aryl methyl sites for hydroxylation is 1. The molecule has 0 unspecified atom stereocenters. The van der Waals surface area contributed by atoms with Crippen molar-refractivity contribution in [1.29, 1.82) is 0 Å². The summed E-state index contributed by atoms with van der Waals surface area (Å²) in [7, 11) is 0. The minimum Gasteiger partial charge on any atom is -0.338 e. The van der Waals surface area contributed by atoms with Gasteiger partial charge in [-0.3, -0.25) is 9.59 Å². The average molecular weight is 328 g/mol. The maximum absolute atomic E-state index is 12.2. The molecule has 5 nitrogen and oxygen atoms in total. The average Bonchev–Trinajstić information content (AvgIpc) is 2.50. The van der Waals surface area contributed by atoms with Crippen molar-refractivity contribution in [2.75, 3.05) is 5.32 Å². The Balaban J connectivity index is 1.88. The van der Waals surface area contributed by atoms with E-state index in [2.05, 4.69) is 10.3 Å². The smallest absolute Gasteiger partial charge is 0.245 e. The number of nitrogens with zero attached hydrogens (tertiary/aromatic N) is 2. The molecule has 1 amide bonds. The summed E-state index contributed by atoms with van der Waals surface area (Å²) in [5.41, 5.74) is 1.36. The highest BCUT2D eigenvalue weighted by Crippen LogP contribution is 2.16. The van der Waals surface area contributed by atoms with Gasteiger partial charge in [0.1, 0.15) is 12.4 Å². The molecule has 2 heterocycles. The van der Waals surface area contributed by atoms with Crippen molar-refractivity contribution < 1.29 is 4.79 Å². The van der Waals surface area contributed by atoms with Gasteiger partial charge >= 0.3 is 0 Å². The number of amides is 1. The van der Waals surface area contributed by atoms with E-state index in [0.29, 0.717) is 21.7 Å². The van der Waals surface area contributed by atoms with E-state index in [-0.39, 0.29) is 17.9 Å². The van der Waals surface area contributed by atoms with Crippen LogP contribution in [0.15, 0.2) is 53.5 Å². The number of hydrogen-bond acceptors (Lipinski definition) is 3. The molecular formula is C17H14ClN3O2. The molecule has 0 fully saturated rings. The Labute approximate surface area is 137 Å². The lowest BCUT2D eigenvalue weighted by atomic mass is 10.2. The van der Waals surface area contributed by atoms with Crippen LogP contribution in [0.1, 0.15) is 5.69 Å². The van der Waals surface area contributed by atoms with Gasteiger partial charge in [-0.25, -0.2) is 4.98 Å². The topological polar surface area (TPSA) is 64.0 Å². The second kappa shape index (κ2) is 6.22. The summed E-state index contributed by atoms with van der Waals surface area (Å²) in [5.74, 6) is 0.284.